The van der Waals surface area contributed by atoms with Crippen LogP contribution in [0.4, 0.5) is 0 Å². The van der Waals surface area contributed by atoms with Crippen molar-refractivity contribution >= 4 is 5.91 Å². The van der Waals surface area contributed by atoms with Crippen molar-refractivity contribution in [1.82, 2.24) is 5.32 Å². The lowest BCUT2D eigenvalue weighted by atomic mass is 9.97. The number of hydrogen-bond acceptors (Lipinski definition) is 13. The molecule has 2 fully saturated rings. The summed E-state index contributed by atoms with van der Waals surface area (Å²) in [5.74, 6) is -0.246. The molecule has 14 heteroatoms. The van der Waals surface area contributed by atoms with Gasteiger partial charge in [0.2, 0.25) is 5.91 Å². The Morgan fingerprint density at radius 2 is 0.795 bits per heavy atom. The van der Waals surface area contributed by atoms with E-state index in [4.69, 9.17) is 18.9 Å². The van der Waals surface area contributed by atoms with E-state index in [-0.39, 0.29) is 18.9 Å². The van der Waals surface area contributed by atoms with Crippen LogP contribution in [0.3, 0.4) is 0 Å². The summed E-state index contributed by atoms with van der Waals surface area (Å²) < 4.78 is 22.8. The molecule has 0 radical (unpaired) electrons. The highest BCUT2D eigenvalue weighted by molar-refractivity contribution is 5.76. The van der Waals surface area contributed by atoms with Crippen LogP contribution in [0.15, 0.2) is 72.9 Å². The Bertz CT molecular complexity index is 1750. The minimum Gasteiger partial charge on any atom is -0.394 e. The number of allylic oxidation sites excluding steroid dienone is 11. The van der Waals surface area contributed by atoms with Gasteiger partial charge in [-0.1, -0.05) is 292 Å². The van der Waals surface area contributed by atoms with Gasteiger partial charge in [-0.2, -0.15) is 0 Å². The van der Waals surface area contributed by atoms with E-state index in [1.165, 1.54) is 205 Å². The summed E-state index contributed by atoms with van der Waals surface area (Å²) in [4.78, 5) is 13.3. The maximum absolute atomic E-state index is 13.3. The first-order chi connectivity index (χ1) is 43.1. The van der Waals surface area contributed by atoms with Crippen LogP contribution in [0.25, 0.3) is 0 Å². The van der Waals surface area contributed by atoms with Gasteiger partial charge in [0.05, 0.1) is 32.0 Å². The third-order valence-electron chi connectivity index (χ3n) is 17.4. The van der Waals surface area contributed by atoms with Gasteiger partial charge in [0.1, 0.15) is 48.8 Å². The molecule has 14 nitrogen and oxygen atoms in total. The first kappa shape index (κ1) is 81.5. The van der Waals surface area contributed by atoms with Gasteiger partial charge >= 0.3 is 0 Å². The Morgan fingerprint density at radius 3 is 1.25 bits per heavy atom. The zero-order valence-electron chi connectivity index (χ0n) is 55.7. The van der Waals surface area contributed by atoms with E-state index in [2.05, 4.69) is 79.9 Å². The lowest BCUT2D eigenvalue weighted by Crippen LogP contribution is -2.65. The third-order valence-corrected chi connectivity index (χ3v) is 17.4. The quantitative estimate of drug-likeness (QED) is 0.0204. The molecular formula is C74H133NO13. The molecule has 0 aromatic rings. The average molecular weight is 1240 g/mol. The Kier molecular flexibility index (Phi) is 54.0. The minimum absolute atomic E-state index is 0.246. The van der Waals surface area contributed by atoms with E-state index < -0.39 is 86.8 Å². The van der Waals surface area contributed by atoms with Crippen molar-refractivity contribution in [2.75, 3.05) is 19.8 Å². The zero-order chi connectivity index (χ0) is 63.8. The standard InChI is InChI=1S/C74H133NO13/c1-3-5-7-9-11-13-15-17-18-19-20-21-22-23-24-25-26-27-28-29-30-31-32-33-34-35-36-37-38-39-40-41-42-43-44-46-48-50-52-54-56-58-66(79)75-62(63(78)57-55-53-51-49-47-45-16-14-12-10-8-6-4-2)61-85-73-71(84)69(82)72(65(60-77)87-73)88-74-70(83)68(81)67(80)64(59-76)86-74/h5,7,11,13,17-18,20-21,47,49,55,57,62-65,67-74,76-78,80-84H,3-4,6,8-10,12,14-16,19,22-46,48,50-54,56,58-61H2,1-2H3,(H,75,79)/b7-5-,13-11-,18-17-,21-20-,49-47+,57-55+. The number of carbonyl (C=O) groups excluding carboxylic acids is 1. The lowest BCUT2D eigenvalue weighted by molar-refractivity contribution is -0.359. The summed E-state index contributed by atoms with van der Waals surface area (Å²) in [7, 11) is 0. The SMILES string of the molecule is CC/C=C\C/C=C\C/C=C\C/C=C\CCCCCCCCCCCCCCCCCCCCCCCCCCCCCCC(=O)NC(COC1OC(CO)C(OC2OC(CO)C(O)C(O)C2O)C(O)C1O)C(O)/C=C/CC/C=C/CCCCCCCCC. The monoisotopic (exact) mass is 1240 g/mol. The van der Waals surface area contributed by atoms with Gasteiger partial charge in [-0.25, -0.2) is 0 Å². The summed E-state index contributed by atoms with van der Waals surface area (Å²) in [6, 6.07) is -0.931. The Morgan fingerprint density at radius 1 is 0.420 bits per heavy atom. The molecule has 2 aliphatic rings. The van der Waals surface area contributed by atoms with E-state index in [0.717, 1.165) is 57.8 Å². The highest BCUT2D eigenvalue weighted by atomic mass is 16.7. The number of ether oxygens (including phenoxy) is 4. The second-order valence-electron chi connectivity index (χ2n) is 25.3. The highest BCUT2D eigenvalue weighted by Crippen LogP contribution is 2.30. The van der Waals surface area contributed by atoms with Gasteiger partial charge in [0.25, 0.3) is 0 Å². The van der Waals surface area contributed by atoms with Crippen molar-refractivity contribution < 1.29 is 64.6 Å². The maximum atomic E-state index is 13.3. The largest absolute Gasteiger partial charge is 0.394 e. The van der Waals surface area contributed by atoms with E-state index >= 15 is 0 Å². The van der Waals surface area contributed by atoms with Crippen LogP contribution in [-0.2, 0) is 23.7 Å². The summed E-state index contributed by atoms with van der Waals surface area (Å²) >= 11 is 0. The fourth-order valence-electron chi connectivity index (χ4n) is 11.7. The average Bonchev–Trinajstić information content (AvgIpc) is 2.45. The molecule has 88 heavy (non-hydrogen) atoms. The van der Waals surface area contributed by atoms with Crippen LogP contribution in [0.5, 0.6) is 0 Å². The first-order valence-corrected chi connectivity index (χ1v) is 36.2. The lowest BCUT2D eigenvalue weighted by Gasteiger charge is -2.46. The van der Waals surface area contributed by atoms with Crippen molar-refractivity contribution in [2.24, 2.45) is 0 Å². The third kappa shape index (κ3) is 41.8. The molecular weight excluding hydrogens is 1110 g/mol. The highest BCUT2D eigenvalue weighted by Gasteiger charge is 2.51. The number of unbranched alkanes of at least 4 members (excludes halogenated alkanes) is 36. The van der Waals surface area contributed by atoms with Crippen molar-refractivity contribution in [3.8, 4) is 0 Å². The van der Waals surface area contributed by atoms with Gasteiger partial charge < -0.3 is 65.1 Å². The van der Waals surface area contributed by atoms with E-state index in [0.29, 0.717) is 12.8 Å². The normalized spacial score (nSPS) is 23.6. The molecule has 12 unspecified atom stereocenters. The number of carbonyl (C=O) groups is 1. The summed E-state index contributed by atoms with van der Waals surface area (Å²) in [5, 5.41) is 87.2. The van der Waals surface area contributed by atoms with Gasteiger partial charge in [-0.15, -0.1) is 0 Å². The van der Waals surface area contributed by atoms with Gasteiger partial charge in [-0.3, -0.25) is 4.79 Å². The van der Waals surface area contributed by atoms with Crippen LogP contribution in [0.2, 0.25) is 0 Å². The Hall–Kier alpha value is -2.57. The number of rotatable bonds is 59. The fourth-order valence-corrected chi connectivity index (χ4v) is 11.7. The molecule has 2 aliphatic heterocycles. The molecule has 0 saturated carbocycles. The molecule has 9 N–H and O–H groups in total. The molecule has 0 aromatic carbocycles. The summed E-state index contributed by atoms with van der Waals surface area (Å²) in [5.41, 5.74) is 0. The molecule has 2 heterocycles. The van der Waals surface area contributed by atoms with E-state index in [1.807, 2.05) is 6.08 Å². The Balaban J connectivity index is 1.53. The predicted octanol–water partition coefficient (Wildman–Crippen LogP) is 15.0. The Labute approximate surface area is 536 Å². The molecule has 12 atom stereocenters. The zero-order valence-corrected chi connectivity index (χ0v) is 55.7. The molecule has 512 valence electrons. The van der Waals surface area contributed by atoms with Gasteiger partial charge in [0, 0.05) is 6.42 Å². The molecule has 2 rings (SSSR count). The van der Waals surface area contributed by atoms with Crippen LogP contribution in [0, 0.1) is 0 Å². The smallest absolute Gasteiger partial charge is 0.220 e. The van der Waals surface area contributed by atoms with E-state index in [1.54, 1.807) is 6.08 Å². The summed E-state index contributed by atoms with van der Waals surface area (Å²) in [6.45, 7) is 2.67. The van der Waals surface area contributed by atoms with Crippen LogP contribution < -0.4 is 5.32 Å². The number of aliphatic hydroxyl groups excluding tert-OH is 8. The fraction of sp³-hybridized carbons (Fsp3) is 0.824. The molecule has 0 bridgehead atoms. The van der Waals surface area contributed by atoms with Crippen molar-refractivity contribution in [3.63, 3.8) is 0 Å². The van der Waals surface area contributed by atoms with Crippen LogP contribution >= 0.6 is 0 Å². The molecule has 0 aliphatic carbocycles. The number of aliphatic hydroxyl groups is 8. The van der Waals surface area contributed by atoms with Crippen LogP contribution in [0.1, 0.15) is 296 Å². The topological polar surface area (TPSA) is 228 Å². The maximum Gasteiger partial charge on any atom is 0.220 e. The number of hydrogen-bond donors (Lipinski definition) is 9. The van der Waals surface area contributed by atoms with Gasteiger partial charge in [-0.05, 0) is 70.6 Å². The minimum atomic E-state index is -1.79. The first-order valence-electron chi connectivity index (χ1n) is 36.2. The molecule has 2 saturated heterocycles. The molecule has 1 amide bonds. The summed E-state index contributed by atoms with van der Waals surface area (Å²) in [6.07, 6.45) is 62.9. The number of amides is 1. The second-order valence-corrected chi connectivity index (χ2v) is 25.3. The second kappa shape index (κ2) is 58.3. The van der Waals surface area contributed by atoms with Crippen LogP contribution in [-0.4, -0.2) is 140 Å². The van der Waals surface area contributed by atoms with E-state index in [9.17, 15) is 45.6 Å². The van der Waals surface area contributed by atoms with Gasteiger partial charge in [0.15, 0.2) is 12.6 Å². The molecule has 0 spiro atoms. The number of nitrogens with one attached hydrogen (secondary N) is 1. The van der Waals surface area contributed by atoms with Crippen molar-refractivity contribution in [2.45, 2.75) is 370 Å². The molecule has 0 aromatic heterocycles. The predicted molar refractivity (Wildman–Crippen MR) is 360 cm³/mol. The van der Waals surface area contributed by atoms with Crippen molar-refractivity contribution in [1.29, 1.82) is 0 Å². The van der Waals surface area contributed by atoms with Crippen molar-refractivity contribution in [3.05, 3.63) is 72.9 Å².